The highest BCUT2D eigenvalue weighted by atomic mass is 32.2. The summed E-state index contributed by atoms with van der Waals surface area (Å²) >= 11 is 2.95. The van der Waals surface area contributed by atoms with Gasteiger partial charge in [-0.05, 0) is 25.7 Å². The van der Waals surface area contributed by atoms with Crippen molar-refractivity contribution >= 4 is 34.1 Å². The lowest BCUT2D eigenvalue weighted by molar-refractivity contribution is -0.118. The zero-order valence-electron chi connectivity index (χ0n) is 11.9. The highest BCUT2D eigenvalue weighted by Crippen LogP contribution is 2.25. The molecule has 0 bridgehead atoms. The van der Waals surface area contributed by atoms with Gasteiger partial charge in [0.25, 0.3) is 0 Å². The Balaban J connectivity index is 1.63. The molecule has 0 aromatic carbocycles. The maximum atomic E-state index is 11.8. The van der Waals surface area contributed by atoms with Gasteiger partial charge in [-0.3, -0.25) is 4.79 Å². The first kappa shape index (κ1) is 15.6. The number of carbonyl (C=O) groups is 1. The van der Waals surface area contributed by atoms with E-state index in [-0.39, 0.29) is 5.91 Å². The average Bonchev–Trinajstić information content (AvgIpc) is 2.92. The van der Waals surface area contributed by atoms with Crippen LogP contribution in [0.4, 0.5) is 5.13 Å². The molecular formula is C13H22N4OS2. The fraction of sp³-hybridized carbons (Fsp3) is 0.769. The lowest BCUT2D eigenvalue weighted by Gasteiger charge is -2.21. The van der Waals surface area contributed by atoms with Crippen LogP contribution < -0.4 is 10.6 Å². The van der Waals surface area contributed by atoms with Crippen LogP contribution in [0.25, 0.3) is 0 Å². The Hall–Kier alpha value is -0.820. The van der Waals surface area contributed by atoms with Crippen LogP contribution in [-0.2, 0) is 4.79 Å². The molecule has 1 saturated carbocycles. The van der Waals surface area contributed by atoms with E-state index in [1.807, 2.05) is 6.92 Å². The quantitative estimate of drug-likeness (QED) is 0.758. The van der Waals surface area contributed by atoms with Gasteiger partial charge in [0.15, 0.2) is 4.34 Å². The molecule has 0 unspecified atom stereocenters. The van der Waals surface area contributed by atoms with Crippen LogP contribution in [-0.4, -0.2) is 34.9 Å². The number of hydrogen-bond donors (Lipinski definition) is 2. The van der Waals surface area contributed by atoms with Crippen LogP contribution in [0.5, 0.6) is 0 Å². The summed E-state index contributed by atoms with van der Waals surface area (Å²) in [6.07, 6.45) is 6.50. The standard InChI is InChI=1S/C13H22N4OS2/c1-2-14-12-16-17-13(20-12)19-9-11(18)15-8-10-6-4-3-5-7-10/h10H,2-9H2,1H3,(H,14,16)(H,15,18). The molecule has 2 rings (SSSR count). The van der Waals surface area contributed by atoms with E-state index in [0.29, 0.717) is 11.7 Å². The van der Waals surface area contributed by atoms with E-state index in [1.165, 1.54) is 55.2 Å². The molecule has 1 aliphatic carbocycles. The molecule has 20 heavy (non-hydrogen) atoms. The minimum atomic E-state index is 0.0979. The summed E-state index contributed by atoms with van der Waals surface area (Å²) in [7, 11) is 0. The van der Waals surface area contributed by atoms with E-state index < -0.39 is 0 Å². The zero-order chi connectivity index (χ0) is 14.2. The SMILES string of the molecule is CCNc1nnc(SCC(=O)NCC2CCCCC2)s1. The Morgan fingerprint density at radius 2 is 2.15 bits per heavy atom. The van der Waals surface area contributed by atoms with Gasteiger partial charge >= 0.3 is 0 Å². The fourth-order valence-electron chi connectivity index (χ4n) is 2.32. The van der Waals surface area contributed by atoms with Crippen LogP contribution in [0.3, 0.4) is 0 Å². The van der Waals surface area contributed by atoms with E-state index in [2.05, 4.69) is 20.8 Å². The molecule has 1 amide bonds. The molecule has 5 nitrogen and oxygen atoms in total. The number of thioether (sulfide) groups is 1. The summed E-state index contributed by atoms with van der Waals surface area (Å²) in [5.74, 6) is 1.20. The highest BCUT2D eigenvalue weighted by molar-refractivity contribution is 8.01. The number of aromatic nitrogens is 2. The van der Waals surface area contributed by atoms with Gasteiger partial charge in [0.1, 0.15) is 0 Å². The van der Waals surface area contributed by atoms with Crippen LogP contribution >= 0.6 is 23.1 Å². The van der Waals surface area contributed by atoms with Gasteiger partial charge in [-0.1, -0.05) is 42.4 Å². The number of rotatable bonds is 7. The molecule has 0 spiro atoms. The summed E-state index contributed by atoms with van der Waals surface area (Å²) in [6.45, 7) is 3.69. The van der Waals surface area contributed by atoms with Gasteiger partial charge in [-0.2, -0.15) is 0 Å². The second kappa shape index (κ2) is 8.46. The molecule has 0 aliphatic heterocycles. The molecule has 1 aromatic rings. The Morgan fingerprint density at radius 1 is 1.35 bits per heavy atom. The minimum absolute atomic E-state index is 0.0979. The largest absolute Gasteiger partial charge is 0.360 e. The summed E-state index contributed by atoms with van der Waals surface area (Å²) in [4.78, 5) is 11.8. The number of anilines is 1. The Labute approximate surface area is 128 Å². The topological polar surface area (TPSA) is 66.9 Å². The van der Waals surface area contributed by atoms with Crippen molar-refractivity contribution in [3.05, 3.63) is 0 Å². The number of carbonyl (C=O) groups excluding carboxylic acids is 1. The zero-order valence-corrected chi connectivity index (χ0v) is 13.5. The van der Waals surface area contributed by atoms with Crippen molar-refractivity contribution < 1.29 is 4.79 Å². The first-order chi connectivity index (χ1) is 9.78. The highest BCUT2D eigenvalue weighted by Gasteiger charge is 2.14. The van der Waals surface area contributed by atoms with Gasteiger partial charge in [-0.15, -0.1) is 10.2 Å². The molecule has 112 valence electrons. The maximum absolute atomic E-state index is 11.8. The molecule has 0 radical (unpaired) electrons. The fourth-order valence-corrected chi connectivity index (χ4v) is 3.97. The lowest BCUT2D eigenvalue weighted by Crippen LogP contribution is -2.31. The first-order valence-electron chi connectivity index (χ1n) is 7.24. The summed E-state index contributed by atoms with van der Waals surface area (Å²) < 4.78 is 0.841. The monoisotopic (exact) mass is 314 g/mol. The van der Waals surface area contributed by atoms with Gasteiger partial charge in [-0.25, -0.2) is 0 Å². The first-order valence-corrected chi connectivity index (χ1v) is 9.05. The maximum Gasteiger partial charge on any atom is 0.230 e. The molecular weight excluding hydrogens is 292 g/mol. The van der Waals surface area contributed by atoms with Crippen LogP contribution in [0.15, 0.2) is 4.34 Å². The second-order valence-electron chi connectivity index (χ2n) is 5.00. The minimum Gasteiger partial charge on any atom is -0.360 e. The van der Waals surface area contributed by atoms with E-state index >= 15 is 0 Å². The third-order valence-corrected chi connectivity index (χ3v) is 5.39. The van der Waals surface area contributed by atoms with Crippen LogP contribution in [0.1, 0.15) is 39.0 Å². The van der Waals surface area contributed by atoms with Crippen molar-refractivity contribution in [1.82, 2.24) is 15.5 Å². The van der Waals surface area contributed by atoms with E-state index in [0.717, 1.165) is 22.6 Å². The van der Waals surface area contributed by atoms with E-state index in [4.69, 9.17) is 0 Å². The molecule has 0 atom stereocenters. The van der Waals surface area contributed by atoms with Gasteiger partial charge in [0, 0.05) is 13.1 Å². The third-order valence-electron chi connectivity index (χ3n) is 3.37. The van der Waals surface area contributed by atoms with Gasteiger partial charge in [0.05, 0.1) is 5.75 Å². The van der Waals surface area contributed by atoms with Crippen molar-refractivity contribution in [3.8, 4) is 0 Å². The van der Waals surface area contributed by atoms with Gasteiger partial charge < -0.3 is 10.6 Å². The van der Waals surface area contributed by atoms with Gasteiger partial charge in [0.2, 0.25) is 11.0 Å². The normalized spacial score (nSPS) is 16.1. The van der Waals surface area contributed by atoms with Crippen molar-refractivity contribution in [3.63, 3.8) is 0 Å². The number of nitrogens with zero attached hydrogens (tertiary/aromatic N) is 2. The van der Waals surface area contributed by atoms with Crippen molar-refractivity contribution in [2.45, 2.75) is 43.4 Å². The molecule has 0 saturated heterocycles. The molecule has 1 aliphatic rings. The van der Waals surface area contributed by atoms with E-state index in [1.54, 1.807) is 0 Å². The number of nitrogens with one attached hydrogen (secondary N) is 2. The van der Waals surface area contributed by atoms with Crippen molar-refractivity contribution in [1.29, 1.82) is 0 Å². The van der Waals surface area contributed by atoms with Crippen LogP contribution in [0.2, 0.25) is 0 Å². The number of hydrogen-bond acceptors (Lipinski definition) is 6. The molecule has 7 heteroatoms. The van der Waals surface area contributed by atoms with Crippen LogP contribution in [0, 0.1) is 5.92 Å². The van der Waals surface area contributed by atoms with Crippen molar-refractivity contribution in [2.75, 3.05) is 24.2 Å². The Morgan fingerprint density at radius 3 is 2.90 bits per heavy atom. The lowest BCUT2D eigenvalue weighted by atomic mass is 9.89. The number of amides is 1. The smallest absolute Gasteiger partial charge is 0.230 e. The molecule has 1 fully saturated rings. The molecule has 2 N–H and O–H groups in total. The summed E-state index contributed by atoms with van der Waals surface area (Å²) in [5, 5.41) is 15.0. The van der Waals surface area contributed by atoms with E-state index in [9.17, 15) is 4.79 Å². The van der Waals surface area contributed by atoms with Crippen molar-refractivity contribution in [2.24, 2.45) is 5.92 Å². The second-order valence-corrected chi connectivity index (χ2v) is 7.20. The Kier molecular flexibility index (Phi) is 6.59. The average molecular weight is 314 g/mol. The Bertz CT molecular complexity index is 418. The molecule has 1 aromatic heterocycles. The molecule has 1 heterocycles. The predicted octanol–water partition coefficient (Wildman–Crippen LogP) is 2.76. The summed E-state index contributed by atoms with van der Waals surface area (Å²) in [6, 6.07) is 0. The predicted molar refractivity (Wildman–Crippen MR) is 84.4 cm³/mol. The summed E-state index contributed by atoms with van der Waals surface area (Å²) in [5.41, 5.74) is 0. The third kappa shape index (κ3) is 5.28.